The van der Waals surface area contributed by atoms with Crippen LogP contribution in [0.5, 0.6) is 0 Å². The number of carbonyl (C=O) groups excluding carboxylic acids is 1. The van der Waals surface area contributed by atoms with Gasteiger partial charge in [-0.2, -0.15) is 5.10 Å². The Morgan fingerprint density at radius 1 is 1.55 bits per heavy atom. The maximum atomic E-state index is 12.1. The van der Waals surface area contributed by atoms with Crippen molar-refractivity contribution in [3.63, 3.8) is 0 Å². The fourth-order valence-corrected chi connectivity index (χ4v) is 2.51. The number of carboxylic acids is 1. The average Bonchev–Trinajstić information content (AvgIpc) is 2.96. The molecule has 20 heavy (non-hydrogen) atoms. The molecule has 2 heterocycles. The quantitative estimate of drug-likeness (QED) is 0.857. The number of nitrogens with one attached hydrogen (secondary N) is 1. The smallest absolute Gasteiger partial charge is 0.317 e. The van der Waals surface area contributed by atoms with Gasteiger partial charge in [0.25, 0.3) is 0 Å². The molecule has 1 aromatic rings. The molecule has 1 fully saturated rings. The summed E-state index contributed by atoms with van der Waals surface area (Å²) in [4.78, 5) is 24.5. The zero-order chi connectivity index (χ0) is 14.7. The van der Waals surface area contributed by atoms with Gasteiger partial charge < -0.3 is 15.3 Å². The Hall–Kier alpha value is -2.05. The Kier molecular flexibility index (Phi) is 4.26. The summed E-state index contributed by atoms with van der Waals surface area (Å²) in [6.07, 6.45) is 3.36. The number of aliphatic carboxylic acids is 1. The van der Waals surface area contributed by atoms with Crippen LogP contribution in [0.1, 0.15) is 30.5 Å². The third-order valence-electron chi connectivity index (χ3n) is 3.82. The third kappa shape index (κ3) is 3.09. The summed E-state index contributed by atoms with van der Waals surface area (Å²) in [6, 6.07) is -0.389. The van der Waals surface area contributed by atoms with Crippen molar-refractivity contribution >= 4 is 12.0 Å². The first kappa shape index (κ1) is 14.4. The van der Waals surface area contributed by atoms with Gasteiger partial charge >= 0.3 is 12.0 Å². The van der Waals surface area contributed by atoms with Gasteiger partial charge in [0, 0.05) is 37.4 Å². The van der Waals surface area contributed by atoms with Gasteiger partial charge in [0.1, 0.15) is 0 Å². The largest absolute Gasteiger partial charge is 0.481 e. The number of hydrogen-bond acceptors (Lipinski definition) is 3. The Morgan fingerprint density at radius 2 is 2.30 bits per heavy atom. The molecule has 1 aliphatic heterocycles. The molecule has 1 aromatic heterocycles. The summed E-state index contributed by atoms with van der Waals surface area (Å²) >= 11 is 0. The Bertz CT molecular complexity index is 512. The number of carboxylic acid groups (broad SMARTS) is 1. The lowest BCUT2D eigenvalue weighted by atomic mass is 10.1. The molecule has 0 aromatic carbocycles. The van der Waals surface area contributed by atoms with Crippen molar-refractivity contribution in [2.24, 2.45) is 7.05 Å². The first-order chi connectivity index (χ1) is 9.49. The van der Waals surface area contributed by atoms with Crippen molar-refractivity contribution in [1.29, 1.82) is 0 Å². The van der Waals surface area contributed by atoms with Crippen molar-refractivity contribution in [2.75, 3.05) is 6.54 Å². The Morgan fingerprint density at radius 3 is 2.90 bits per heavy atom. The van der Waals surface area contributed by atoms with Crippen LogP contribution in [0.2, 0.25) is 0 Å². The third-order valence-corrected chi connectivity index (χ3v) is 3.82. The van der Waals surface area contributed by atoms with E-state index < -0.39 is 5.97 Å². The molecule has 2 amide bonds. The molecule has 2 N–H and O–H groups in total. The summed E-state index contributed by atoms with van der Waals surface area (Å²) in [5.41, 5.74) is 1.98. The summed E-state index contributed by atoms with van der Waals surface area (Å²) < 4.78 is 1.75. The molecule has 2 rings (SSSR count). The summed E-state index contributed by atoms with van der Waals surface area (Å²) in [7, 11) is 1.85. The van der Waals surface area contributed by atoms with Gasteiger partial charge in [0.2, 0.25) is 0 Å². The predicted octanol–water partition coefficient (Wildman–Crippen LogP) is 0.877. The lowest BCUT2D eigenvalue weighted by molar-refractivity contribution is -0.137. The second kappa shape index (κ2) is 5.94. The fourth-order valence-electron chi connectivity index (χ4n) is 2.51. The average molecular weight is 280 g/mol. The molecule has 0 spiro atoms. The van der Waals surface area contributed by atoms with Crippen LogP contribution in [0.3, 0.4) is 0 Å². The van der Waals surface area contributed by atoms with Crippen molar-refractivity contribution in [1.82, 2.24) is 20.0 Å². The minimum Gasteiger partial charge on any atom is -0.481 e. The fraction of sp³-hybridized carbons (Fsp3) is 0.615. The highest BCUT2D eigenvalue weighted by atomic mass is 16.4. The standard InChI is InChI=1S/C13H20N4O3/c1-9-10(8-15-16(9)2)7-14-13(20)17-5-3-4-11(17)6-12(18)19/h8,11H,3-7H2,1-2H3,(H,14,20)(H,18,19). The maximum absolute atomic E-state index is 12.1. The second-order valence-electron chi connectivity index (χ2n) is 5.12. The number of nitrogens with zero attached hydrogens (tertiary/aromatic N) is 3. The first-order valence-electron chi connectivity index (χ1n) is 6.72. The predicted molar refractivity (Wildman–Crippen MR) is 72.2 cm³/mol. The minimum absolute atomic E-state index is 0.0132. The molecule has 0 bridgehead atoms. The number of carbonyl (C=O) groups is 2. The molecule has 0 aliphatic carbocycles. The van der Waals surface area contributed by atoms with Crippen LogP contribution in [0.25, 0.3) is 0 Å². The van der Waals surface area contributed by atoms with E-state index >= 15 is 0 Å². The number of aromatic nitrogens is 2. The van der Waals surface area contributed by atoms with Crippen LogP contribution in [0, 0.1) is 6.92 Å². The van der Waals surface area contributed by atoms with E-state index in [0.717, 1.165) is 24.1 Å². The van der Waals surface area contributed by atoms with Gasteiger partial charge in [-0.25, -0.2) is 4.79 Å². The van der Waals surface area contributed by atoms with E-state index in [9.17, 15) is 9.59 Å². The Balaban J connectivity index is 1.91. The molecular weight excluding hydrogens is 260 g/mol. The van der Waals surface area contributed by atoms with E-state index in [1.54, 1.807) is 15.8 Å². The van der Waals surface area contributed by atoms with Crippen LogP contribution < -0.4 is 5.32 Å². The van der Waals surface area contributed by atoms with E-state index in [1.807, 2.05) is 14.0 Å². The van der Waals surface area contributed by atoms with Crippen molar-refractivity contribution in [3.05, 3.63) is 17.5 Å². The summed E-state index contributed by atoms with van der Waals surface area (Å²) in [5.74, 6) is -0.863. The Labute approximate surface area is 117 Å². The van der Waals surface area contributed by atoms with Crippen molar-refractivity contribution in [3.8, 4) is 0 Å². The molecular formula is C13H20N4O3. The van der Waals surface area contributed by atoms with Crippen molar-refractivity contribution < 1.29 is 14.7 Å². The highest BCUT2D eigenvalue weighted by Gasteiger charge is 2.30. The SMILES string of the molecule is Cc1c(CNC(=O)N2CCCC2CC(=O)O)cnn1C. The summed E-state index contributed by atoms with van der Waals surface area (Å²) in [6.45, 7) is 2.97. The number of aryl methyl sites for hydroxylation is 1. The van der Waals surface area contributed by atoms with Gasteiger partial charge in [0.05, 0.1) is 12.6 Å². The topological polar surface area (TPSA) is 87.5 Å². The van der Waals surface area contributed by atoms with Crippen molar-refractivity contribution in [2.45, 2.75) is 38.8 Å². The first-order valence-corrected chi connectivity index (χ1v) is 6.72. The van der Waals surface area contributed by atoms with Crippen LogP contribution >= 0.6 is 0 Å². The molecule has 7 heteroatoms. The highest BCUT2D eigenvalue weighted by molar-refractivity contribution is 5.76. The lowest BCUT2D eigenvalue weighted by Crippen LogP contribution is -2.43. The van der Waals surface area contributed by atoms with Crippen LogP contribution in [-0.4, -0.2) is 44.4 Å². The highest BCUT2D eigenvalue weighted by Crippen LogP contribution is 2.20. The number of likely N-dealkylation sites (tertiary alicyclic amines) is 1. The molecule has 0 saturated carbocycles. The van der Waals surface area contributed by atoms with Gasteiger partial charge in [-0.05, 0) is 19.8 Å². The van der Waals surface area contributed by atoms with Gasteiger partial charge in [0.15, 0.2) is 0 Å². The zero-order valence-corrected chi connectivity index (χ0v) is 11.8. The van der Waals surface area contributed by atoms with Crippen LogP contribution in [-0.2, 0) is 18.4 Å². The normalized spacial score (nSPS) is 18.3. The second-order valence-corrected chi connectivity index (χ2v) is 5.12. The summed E-state index contributed by atoms with van der Waals surface area (Å²) in [5, 5.41) is 15.8. The molecule has 1 unspecified atom stereocenters. The monoisotopic (exact) mass is 280 g/mol. The van der Waals surface area contributed by atoms with E-state index in [1.165, 1.54) is 0 Å². The number of rotatable bonds is 4. The van der Waals surface area contributed by atoms with E-state index in [4.69, 9.17) is 5.11 Å². The molecule has 1 saturated heterocycles. The van der Waals surface area contributed by atoms with E-state index in [-0.39, 0.29) is 18.5 Å². The molecule has 1 atom stereocenters. The zero-order valence-electron chi connectivity index (χ0n) is 11.8. The van der Waals surface area contributed by atoms with E-state index in [0.29, 0.717) is 13.1 Å². The van der Waals surface area contributed by atoms with Crippen LogP contribution in [0.4, 0.5) is 4.79 Å². The van der Waals surface area contributed by atoms with Crippen LogP contribution in [0.15, 0.2) is 6.20 Å². The molecule has 0 radical (unpaired) electrons. The number of amides is 2. The minimum atomic E-state index is -0.863. The molecule has 110 valence electrons. The van der Waals surface area contributed by atoms with Gasteiger partial charge in [-0.1, -0.05) is 0 Å². The van der Waals surface area contributed by atoms with Gasteiger partial charge in [-0.3, -0.25) is 9.48 Å². The molecule has 1 aliphatic rings. The number of urea groups is 1. The van der Waals surface area contributed by atoms with Gasteiger partial charge in [-0.15, -0.1) is 0 Å². The lowest BCUT2D eigenvalue weighted by Gasteiger charge is -2.23. The molecule has 7 nitrogen and oxygen atoms in total. The van der Waals surface area contributed by atoms with E-state index in [2.05, 4.69) is 10.4 Å². The number of hydrogen-bond donors (Lipinski definition) is 2. The maximum Gasteiger partial charge on any atom is 0.317 e.